The summed E-state index contributed by atoms with van der Waals surface area (Å²) in [4.78, 5) is 32.3. The number of benzene rings is 1. The summed E-state index contributed by atoms with van der Waals surface area (Å²) in [6, 6.07) is 7.53. The molecule has 180 valence electrons. The van der Waals surface area contributed by atoms with Crippen molar-refractivity contribution in [1.29, 1.82) is 0 Å². The highest BCUT2D eigenvalue weighted by Gasteiger charge is 2.30. The first-order valence-electron chi connectivity index (χ1n) is 9.96. The molecule has 12 heteroatoms. The number of halogens is 3. The molecule has 0 atom stereocenters. The van der Waals surface area contributed by atoms with Crippen molar-refractivity contribution in [1.82, 2.24) is 20.4 Å². The molecular weight excluding hydrogens is 455 g/mol. The number of pyridine rings is 1. The molecule has 0 saturated carbocycles. The minimum Gasteiger partial charge on any atom is -0.442 e. The van der Waals surface area contributed by atoms with E-state index in [1.807, 2.05) is 0 Å². The predicted molar refractivity (Wildman–Crippen MR) is 116 cm³/mol. The lowest BCUT2D eigenvalue weighted by molar-refractivity contribution is -0.137. The molecule has 0 fully saturated rings. The van der Waals surface area contributed by atoms with E-state index in [4.69, 9.17) is 9.15 Å². The van der Waals surface area contributed by atoms with Crippen molar-refractivity contribution in [2.24, 2.45) is 0 Å². The predicted octanol–water partition coefficient (Wildman–Crippen LogP) is 5.01. The van der Waals surface area contributed by atoms with Gasteiger partial charge in [-0.1, -0.05) is 12.1 Å². The number of ether oxygens (including phenoxy) is 1. The summed E-state index contributed by atoms with van der Waals surface area (Å²) >= 11 is 0. The van der Waals surface area contributed by atoms with E-state index in [0.717, 1.165) is 17.1 Å². The van der Waals surface area contributed by atoms with Gasteiger partial charge >= 0.3 is 12.3 Å². The first kappa shape index (κ1) is 24.6. The van der Waals surface area contributed by atoms with Crippen molar-refractivity contribution < 1.29 is 31.9 Å². The summed E-state index contributed by atoms with van der Waals surface area (Å²) in [5.41, 5.74) is 1.79. The zero-order chi connectivity index (χ0) is 25.1. The number of carbonyl (C=O) groups excluding carboxylic acids is 2. The van der Waals surface area contributed by atoms with E-state index in [-0.39, 0.29) is 17.5 Å². The Morgan fingerprint density at radius 3 is 2.24 bits per heavy atom. The van der Waals surface area contributed by atoms with Gasteiger partial charge in [0.2, 0.25) is 0 Å². The molecule has 0 aliphatic heterocycles. The second-order valence-corrected chi connectivity index (χ2v) is 8.14. The Morgan fingerprint density at radius 1 is 1.00 bits per heavy atom. The first-order valence-corrected chi connectivity index (χ1v) is 9.96. The molecule has 2 amide bonds. The van der Waals surface area contributed by atoms with Crippen molar-refractivity contribution in [2.45, 2.75) is 32.5 Å². The molecule has 9 nitrogen and oxygen atoms in total. The zero-order valence-electron chi connectivity index (χ0n) is 18.7. The van der Waals surface area contributed by atoms with Gasteiger partial charge < -0.3 is 14.5 Å². The fourth-order valence-corrected chi connectivity index (χ4v) is 2.60. The van der Waals surface area contributed by atoms with Crippen molar-refractivity contribution >= 4 is 23.7 Å². The molecule has 0 spiro atoms. The van der Waals surface area contributed by atoms with Crippen LogP contribution >= 0.6 is 0 Å². The molecule has 3 rings (SSSR count). The maximum Gasteiger partial charge on any atom is 0.428 e. The van der Waals surface area contributed by atoms with Crippen LogP contribution in [0.3, 0.4) is 0 Å². The number of hydrazine groups is 1. The van der Waals surface area contributed by atoms with Crippen LogP contribution in [0.15, 0.2) is 53.2 Å². The Bertz CT molecular complexity index is 1150. The molecule has 3 aromatic rings. The second-order valence-electron chi connectivity index (χ2n) is 8.14. The van der Waals surface area contributed by atoms with Crippen LogP contribution in [0.5, 0.6) is 0 Å². The molecule has 1 aromatic carbocycles. The fraction of sp³-hybridized carbons (Fsp3) is 0.273. The van der Waals surface area contributed by atoms with E-state index in [9.17, 15) is 22.8 Å². The minimum atomic E-state index is -4.42. The van der Waals surface area contributed by atoms with E-state index < -0.39 is 29.3 Å². The Labute approximate surface area is 192 Å². The number of nitrogens with zero attached hydrogens (tertiary/aromatic N) is 3. The Hall–Kier alpha value is -4.09. The van der Waals surface area contributed by atoms with Gasteiger partial charge in [0, 0.05) is 12.6 Å². The van der Waals surface area contributed by atoms with Crippen LogP contribution in [-0.4, -0.2) is 39.6 Å². The van der Waals surface area contributed by atoms with Gasteiger partial charge in [-0.05, 0) is 45.0 Å². The van der Waals surface area contributed by atoms with Crippen molar-refractivity contribution in [3.05, 3.63) is 60.0 Å². The topological polar surface area (TPSA) is 110 Å². The highest BCUT2D eigenvalue weighted by molar-refractivity contribution is 5.93. The van der Waals surface area contributed by atoms with Crippen LogP contribution in [0, 0.1) is 0 Å². The number of alkyl halides is 3. The Balaban J connectivity index is 1.60. The fourth-order valence-electron chi connectivity index (χ4n) is 2.60. The summed E-state index contributed by atoms with van der Waals surface area (Å²) in [6.45, 7) is 5.11. The number of oxazole rings is 1. The molecule has 0 aliphatic rings. The number of nitrogens with one attached hydrogen (secondary N) is 2. The number of hydrogen-bond donors (Lipinski definition) is 2. The number of amides is 2. The summed E-state index contributed by atoms with van der Waals surface area (Å²) in [6.07, 6.45) is -2.43. The molecular formula is C22H22F3N5O4. The zero-order valence-corrected chi connectivity index (χ0v) is 18.7. The van der Waals surface area contributed by atoms with Gasteiger partial charge in [0.15, 0.2) is 5.76 Å². The first-order chi connectivity index (χ1) is 15.8. The molecule has 2 N–H and O–H groups in total. The lowest BCUT2D eigenvalue weighted by atomic mass is 10.1. The van der Waals surface area contributed by atoms with Crippen LogP contribution < -0.4 is 10.7 Å². The van der Waals surface area contributed by atoms with Gasteiger partial charge in [0.25, 0.3) is 11.9 Å². The van der Waals surface area contributed by atoms with Crippen LogP contribution in [0.25, 0.3) is 11.3 Å². The van der Waals surface area contributed by atoms with Crippen molar-refractivity contribution in [3.8, 4) is 11.3 Å². The quantitative estimate of drug-likeness (QED) is 0.508. The monoisotopic (exact) mass is 477 g/mol. The van der Waals surface area contributed by atoms with Gasteiger partial charge in [0.1, 0.15) is 11.3 Å². The minimum absolute atomic E-state index is 0.0406. The Kier molecular flexibility index (Phi) is 6.80. The molecule has 0 saturated heterocycles. The number of anilines is 2. The number of carbonyl (C=O) groups is 2. The molecule has 2 aromatic heterocycles. The second kappa shape index (κ2) is 9.41. The number of rotatable bonds is 4. The van der Waals surface area contributed by atoms with Gasteiger partial charge in [-0.15, -0.1) is 0 Å². The van der Waals surface area contributed by atoms with Crippen molar-refractivity contribution in [2.75, 3.05) is 12.4 Å². The molecule has 0 bridgehead atoms. The SMILES string of the molecule is CN(NC(=O)c1ccc(Nc2ncc(-c3ccc(C(F)(F)F)cc3)o2)cn1)C(=O)OC(C)(C)C. The highest BCUT2D eigenvalue weighted by Crippen LogP contribution is 2.31. The van der Waals surface area contributed by atoms with Crippen LogP contribution in [0.2, 0.25) is 0 Å². The molecule has 0 aliphatic carbocycles. The lowest BCUT2D eigenvalue weighted by Crippen LogP contribution is -2.45. The van der Waals surface area contributed by atoms with Gasteiger partial charge in [0.05, 0.1) is 23.6 Å². The third-order valence-electron chi connectivity index (χ3n) is 4.19. The lowest BCUT2D eigenvalue weighted by Gasteiger charge is -2.24. The molecule has 0 unspecified atom stereocenters. The summed E-state index contributed by atoms with van der Waals surface area (Å²) in [7, 11) is 1.35. The number of aromatic nitrogens is 2. The van der Waals surface area contributed by atoms with E-state index in [1.165, 1.54) is 43.7 Å². The van der Waals surface area contributed by atoms with Gasteiger partial charge in [-0.2, -0.15) is 13.2 Å². The summed E-state index contributed by atoms with van der Waals surface area (Å²) in [5.74, 6) is -0.356. The molecule has 34 heavy (non-hydrogen) atoms. The summed E-state index contributed by atoms with van der Waals surface area (Å²) in [5, 5.41) is 3.76. The smallest absolute Gasteiger partial charge is 0.428 e. The maximum absolute atomic E-state index is 12.7. The largest absolute Gasteiger partial charge is 0.442 e. The third kappa shape index (κ3) is 6.47. The van der Waals surface area contributed by atoms with E-state index >= 15 is 0 Å². The van der Waals surface area contributed by atoms with Gasteiger partial charge in [-0.25, -0.2) is 19.8 Å². The van der Waals surface area contributed by atoms with E-state index in [1.54, 1.807) is 20.8 Å². The third-order valence-corrected chi connectivity index (χ3v) is 4.19. The standard InChI is InChI=1S/C22H22F3N5O4/c1-21(2,3)34-20(32)30(4)29-18(31)16-10-9-15(11-26-16)28-19-27-12-17(33-19)13-5-7-14(8-6-13)22(23,24)25/h5-12H,1-4H3,(H,27,28)(H,29,31). The van der Waals surface area contributed by atoms with Crippen molar-refractivity contribution in [3.63, 3.8) is 0 Å². The average molecular weight is 477 g/mol. The highest BCUT2D eigenvalue weighted by atomic mass is 19.4. The molecule has 2 heterocycles. The van der Waals surface area contributed by atoms with Crippen LogP contribution in [-0.2, 0) is 10.9 Å². The molecule has 0 radical (unpaired) electrons. The van der Waals surface area contributed by atoms with Gasteiger partial charge in [-0.3, -0.25) is 10.2 Å². The summed E-state index contributed by atoms with van der Waals surface area (Å²) < 4.78 is 48.8. The van der Waals surface area contributed by atoms with E-state index in [2.05, 4.69) is 20.7 Å². The maximum atomic E-state index is 12.7. The normalized spacial score (nSPS) is 11.6. The number of hydrogen-bond acceptors (Lipinski definition) is 7. The van der Waals surface area contributed by atoms with Crippen LogP contribution in [0.1, 0.15) is 36.8 Å². The van der Waals surface area contributed by atoms with E-state index in [0.29, 0.717) is 11.3 Å². The average Bonchev–Trinajstić information content (AvgIpc) is 3.21. The van der Waals surface area contributed by atoms with Crippen LogP contribution in [0.4, 0.5) is 29.7 Å². The Morgan fingerprint density at radius 2 is 1.68 bits per heavy atom.